The molecule has 0 amide bonds. The minimum Gasteiger partial charge on any atom is -0.368 e. The van der Waals surface area contributed by atoms with E-state index in [4.69, 9.17) is 4.98 Å². The quantitative estimate of drug-likeness (QED) is 0.720. The number of nitrogens with zero attached hydrogens (tertiary/aromatic N) is 3. The fourth-order valence-corrected chi connectivity index (χ4v) is 4.11. The Balaban J connectivity index is 1.60. The van der Waals surface area contributed by atoms with Crippen molar-refractivity contribution in [3.8, 4) is 10.4 Å². The lowest BCUT2D eigenvalue weighted by Gasteiger charge is -2.22. The van der Waals surface area contributed by atoms with Crippen molar-refractivity contribution in [1.82, 2.24) is 15.3 Å². The van der Waals surface area contributed by atoms with Crippen LogP contribution in [0.2, 0.25) is 0 Å². The Labute approximate surface area is 155 Å². The summed E-state index contributed by atoms with van der Waals surface area (Å²) in [6.45, 7) is 2.02. The van der Waals surface area contributed by atoms with E-state index in [0.717, 1.165) is 27.3 Å². The summed E-state index contributed by atoms with van der Waals surface area (Å²) in [7, 11) is 0. The summed E-state index contributed by atoms with van der Waals surface area (Å²) in [4.78, 5) is 15.7. The van der Waals surface area contributed by atoms with Crippen molar-refractivity contribution in [2.75, 3.05) is 13.2 Å². The molecule has 26 heavy (non-hydrogen) atoms. The smallest absolute Gasteiger partial charge is 0.124 e. The van der Waals surface area contributed by atoms with Crippen LogP contribution in [0.4, 0.5) is 4.39 Å². The molecule has 2 atom stereocenters. The van der Waals surface area contributed by atoms with Crippen LogP contribution in [0.5, 0.6) is 0 Å². The molecule has 0 bridgehead atoms. The molecule has 0 fully saturated rings. The molecule has 1 N–H and O–H groups in total. The molecule has 0 radical (unpaired) electrons. The molecular formula is C20H19FN4S. The number of thiophene rings is 1. The SMILES string of the molecule is CC1C=C(NCCF)N=CC1c1ccc2cc(-c3cccnc3)sc2n1. The van der Waals surface area contributed by atoms with Gasteiger partial charge in [-0.2, -0.15) is 0 Å². The number of aromatic nitrogens is 2. The van der Waals surface area contributed by atoms with E-state index in [1.807, 2.05) is 24.6 Å². The molecule has 4 rings (SSSR count). The van der Waals surface area contributed by atoms with Gasteiger partial charge in [-0.1, -0.05) is 19.1 Å². The van der Waals surface area contributed by atoms with Gasteiger partial charge >= 0.3 is 0 Å². The number of hydrogen-bond acceptors (Lipinski definition) is 5. The summed E-state index contributed by atoms with van der Waals surface area (Å²) < 4.78 is 12.3. The molecule has 4 heterocycles. The van der Waals surface area contributed by atoms with Crippen LogP contribution in [0.3, 0.4) is 0 Å². The van der Waals surface area contributed by atoms with E-state index in [-0.39, 0.29) is 18.4 Å². The summed E-state index contributed by atoms with van der Waals surface area (Å²) in [6, 6.07) is 10.4. The number of nitrogens with one attached hydrogen (secondary N) is 1. The first-order valence-corrected chi connectivity index (χ1v) is 9.43. The first kappa shape index (κ1) is 16.8. The molecule has 4 nitrogen and oxygen atoms in total. The van der Waals surface area contributed by atoms with E-state index < -0.39 is 6.67 Å². The van der Waals surface area contributed by atoms with Crippen molar-refractivity contribution in [1.29, 1.82) is 0 Å². The van der Waals surface area contributed by atoms with Gasteiger partial charge in [-0.3, -0.25) is 4.98 Å². The third kappa shape index (κ3) is 3.37. The fourth-order valence-electron chi connectivity index (χ4n) is 3.09. The Morgan fingerprint density at radius 1 is 1.27 bits per heavy atom. The molecule has 6 heteroatoms. The maximum Gasteiger partial charge on any atom is 0.124 e. The highest BCUT2D eigenvalue weighted by Crippen LogP contribution is 2.34. The number of hydrogen-bond donors (Lipinski definition) is 1. The molecule has 0 spiro atoms. The Morgan fingerprint density at radius 3 is 2.96 bits per heavy atom. The Bertz CT molecular complexity index is 964. The van der Waals surface area contributed by atoms with Gasteiger partial charge in [0.15, 0.2) is 0 Å². The average Bonchev–Trinajstić information content (AvgIpc) is 3.10. The Hall–Kier alpha value is -2.60. The minimum atomic E-state index is -0.402. The summed E-state index contributed by atoms with van der Waals surface area (Å²) in [5.74, 6) is 1.11. The number of alkyl halides is 1. The van der Waals surface area contributed by atoms with Crippen LogP contribution in [0, 0.1) is 5.92 Å². The van der Waals surface area contributed by atoms with Gasteiger partial charge in [0.05, 0.1) is 5.69 Å². The third-order valence-corrected chi connectivity index (χ3v) is 5.55. The van der Waals surface area contributed by atoms with Crippen molar-refractivity contribution in [2.45, 2.75) is 12.8 Å². The van der Waals surface area contributed by atoms with Gasteiger partial charge in [0.2, 0.25) is 0 Å². The molecule has 1 aliphatic rings. The largest absolute Gasteiger partial charge is 0.368 e. The van der Waals surface area contributed by atoms with Crippen LogP contribution >= 0.6 is 11.3 Å². The maximum absolute atomic E-state index is 12.3. The summed E-state index contributed by atoms with van der Waals surface area (Å²) >= 11 is 1.68. The van der Waals surface area contributed by atoms with Crippen molar-refractivity contribution in [2.24, 2.45) is 10.9 Å². The second-order valence-corrected chi connectivity index (χ2v) is 7.34. The second-order valence-electron chi connectivity index (χ2n) is 6.31. The zero-order valence-electron chi connectivity index (χ0n) is 14.4. The number of allylic oxidation sites excluding steroid dienone is 1. The molecule has 132 valence electrons. The highest BCUT2D eigenvalue weighted by molar-refractivity contribution is 7.21. The van der Waals surface area contributed by atoms with E-state index in [1.165, 1.54) is 4.88 Å². The van der Waals surface area contributed by atoms with Gasteiger partial charge in [-0.25, -0.2) is 14.4 Å². The van der Waals surface area contributed by atoms with Gasteiger partial charge < -0.3 is 5.32 Å². The summed E-state index contributed by atoms with van der Waals surface area (Å²) in [6.07, 6.45) is 7.61. The minimum absolute atomic E-state index is 0.124. The second kappa shape index (κ2) is 7.33. The van der Waals surface area contributed by atoms with Crippen molar-refractivity contribution < 1.29 is 4.39 Å². The van der Waals surface area contributed by atoms with Crippen LogP contribution in [0.1, 0.15) is 18.5 Å². The number of aliphatic imine (C=N–C) groups is 1. The molecule has 2 unspecified atom stereocenters. The van der Waals surface area contributed by atoms with Gasteiger partial charge in [0.1, 0.15) is 17.3 Å². The first-order chi connectivity index (χ1) is 12.7. The summed E-state index contributed by atoms with van der Waals surface area (Å²) in [5.41, 5.74) is 2.12. The van der Waals surface area contributed by atoms with Crippen LogP contribution in [0.15, 0.2) is 59.6 Å². The molecule has 0 aromatic carbocycles. The topological polar surface area (TPSA) is 50.2 Å². The van der Waals surface area contributed by atoms with Crippen LogP contribution < -0.4 is 5.32 Å². The highest BCUT2D eigenvalue weighted by Gasteiger charge is 2.22. The van der Waals surface area contributed by atoms with Gasteiger partial charge in [0.25, 0.3) is 0 Å². The predicted octanol–water partition coefficient (Wildman–Crippen LogP) is 4.56. The highest BCUT2D eigenvalue weighted by atomic mass is 32.1. The monoisotopic (exact) mass is 366 g/mol. The number of fused-ring (bicyclic) bond motifs is 1. The lowest BCUT2D eigenvalue weighted by Crippen LogP contribution is -2.22. The maximum atomic E-state index is 12.3. The fraction of sp³-hybridized carbons (Fsp3) is 0.250. The van der Waals surface area contributed by atoms with Gasteiger partial charge in [-0.15, -0.1) is 11.3 Å². The molecule has 1 aliphatic heterocycles. The average molecular weight is 366 g/mol. The van der Waals surface area contributed by atoms with Gasteiger partial charge in [0, 0.05) is 46.9 Å². The van der Waals surface area contributed by atoms with E-state index in [9.17, 15) is 4.39 Å². The van der Waals surface area contributed by atoms with Crippen molar-refractivity contribution in [3.63, 3.8) is 0 Å². The van der Waals surface area contributed by atoms with Crippen LogP contribution in [-0.2, 0) is 0 Å². The molecule has 3 aromatic rings. The van der Waals surface area contributed by atoms with Crippen molar-refractivity contribution >= 4 is 27.8 Å². The lowest BCUT2D eigenvalue weighted by atomic mass is 9.89. The molecule has 0 aliphatic carbocycles. The van der Waals surface area contributed by atoms with E-state index in [1.54, 1.807) is 17.5 Å². The molecule has 3 aromatic heterocycles. The number of halogens is 1. The van der Waals surface area contributed by atoms with Crippen LogP contribution in [-0.4, -0.2) is 29.4 Å². The normalized spacial score (nSPS) is 19.5. The zero-order valence-corrected chi connectivity index (χ0v) is 15.2. The standard InChI is InChI=1S/C20H19FN4S/c1-13-9-19(23-8-6-21)24-12-16(13)17-5-4-14-10-18(26-20(14)25-17)15-3-2-7-22-11-15/h2-5,7,9-13,16,23H,6,8H2,1H3. The lowest BCUT2D eigenvalue weighted by molar-refractivity contribution is 0.479. The third-order valence-electron chi connectivity index (χ3n) is 4.45. The Kier molecular flexibility index (Phi) is 4.75. The van der Waals surface area contributed by atoms with Crippen molar-refractivity contribution in [3.05, 3.63) is 60.3 Å². The summed E-state index contributed by atoms with van der Waals surface area (Å²) in [5, 5.41) is 4.13. The van der Waals surface area contributed by atoms with E-state index in [2.05, 4.69) is 46.5 Å². The number of rotatable bonds is 5. The van der Waals surface area contributed by atoms with Crippen LogP contribution in [0.25, 0.3) is 20.7 Å². The Morgan fingerprint density at radius 2 is 2.19 bits per heavy atom. The van der Waals surface area contributed by atoms with E-state index in [0.29, 0.717) is 0 Å². The molecule has 0 saturated carbocycles. The first-order valence-electron chi connectivity index (χ1n) is 8.61. The zero-order chi connectivity index (χ0) is 17.9. The molecule has 0 saturated heterocycles. The molecular weight excluding hydrogens is 347 g/mol. The van der Waals surface area contributed by atoms with Gasteiger partial charge in [-0.05, 0) is 30.2 Å². The predicted molar refractivity (Wildman–Crippen MR) is 105 cm³/mol. The number of pyridine rings is 2. The van der Waals surface area contributed by atoms with E-state index >= 15 is 0 Å².